The third-order valence-corrected chi connectivity index (χ3v) is 8.52. The number of thiazole rings is 1. The van der Waals surface area contributed by atoms with Crippen LogP contribution in [0, 0.1) is 13.8 Å². The van der Waals surface area contributed by atoms with Gasteiger partial charge in [0.15, 0.2) is 5.13 Å². The second-order valence-corrected chi connectivity index (χ2v) is 11.8. The van der Waals surface area contributed by atoms with Gasteiger partial charge in [0.25, 0.3) is 5.78 Å². The van der Waals surface area contributed by atoms with Crippen molar-refractivity contribution in [2.75, 3.05) is 11.5 Å². The topological polar surface area (TPSA) is 89.0 Å². The molecule has 1 unspecified atom stereocenters. The molecule has 1 saturated heterocycles. The highest BCUT2D eigenvalue weighted by atomic mass is 32.1. The smallest absolute Gasteiger partial charge is 0.301 e. The van der Waals surface area contributed by atoms with E-state index in [9.17, 15) is 14.7 Å². The molecule has 0 radical (unpaired) electrons. The average Bonchev–Trinajstić information content (AvgIpc) is 3.57. The summed E-state index contributed by atoms with van der Waals surface area (Å²) in [5.74, 6) is -0.460. The van der Waals surface area contributed by atoms with Crippen LogP contribution in [0.2, 0.25) is 0 Å². The van der Waals surface area contributed by atoms with Crippen LogP contribution >= 0.6 is 11.3 Å². The van der Waals surface area contributed by atoms with Crippen LogP contribution in [-0.4, -0.2) is 28.4 Å². The minimum atomic E-state index is -0.892. The molecule has 0 spiro atoms. The number of anilines is 1. The number of ketones is 1. The molecule has 1 aliphatic heterocycles. The number of Topliss-reactive ketones (excluding diaryl/α,β-unsaturated/α-hetero) is 1. The van der Waals surface area contributed by atoms with E-state index in [-0.39, 0.29) is 11.3 Å². The second-order valence-electron chi connectivity index (χ2n) is 10.8. The Bertz CT molecular complexity index is 1860. The zero-order valence-corrected chi connectivity index (χ0v) is 25.6. The molecule has 2 heterocycles. The van der Waals surface area contributed by atoms with E-state index in [4.69, 9.17) is 14.5 Å². The van der Waals surface area contributed by atoms with Gasteiger partial charge in [-0.25, -0.2) is 4.98 Å². The maximum absolute atomic E-state index is 13.7. The summed E-state index contributed by atoms with van der Waals surface area (Å²) in [5, 5.41) is 12.0. The maximum Gasteiger partial charge on any atom is 0.301 e. The standard InChI is InChI=1S/C36H32N2O5S/c1-4-18-42-27-16-12-26(13-17-27)33(39)30-32(25-10-14-28(15-11-25)43-21-24-8-6-5-7-9-24)38(35(41)34(30)40)36-37-31-23(3)19-22(2)20-29(31)44-36/h5-17,19-20,32,39H,4,18,21H2,1-3H3/b33-30+. The predicted octanol–water partition coefficient (Wildman–Crippen LogP) is 7.91. The first-order valence-corrected chi connectivity index (χ1v) is 15.3. The highest BCUT2D eigenvalue weighted by molar-refractivity contribution is 7.22. The lowest BCUT2D eigenvalue weighted by Gasteiger charge is -2.23. The minimum Gasteiger partial charge on any atom is -0.507 e. The molecule has 1 N–H and O–H groups in total. The van der Waals surface area contributed by atoms with Gasteiger partial charge in [-0.1, -0.05) is 66.8 Å². The number of carbonyl (C=O) groups is 2. The SMILES string of the molecule is CCCOc1ccc(/C(O)=C2\C(=O)C(=O)N(c3nc4c(C)cc(C)cc4s3)C2c2ccc(OCc3ccccc3)cc2)cc1. The van der Waals surface area contributed by atoms with Gasteiger partial charge in [-0.05, 0) is 85.0 Å². The number of aliphatic hydroxyl groups is 1. The van der Waals surface area contributed by atoms with Crippen molar-refractivity contribution in [3.63, 3.8) is 0 Å². The molecular formula is C36H32N2O5S. The van der Waals surface area contributed by atoms with Crippen molar-refractivity contribution >= 4 is 44.1 Å². The third-order valence-electron chi connectivity index (χ3n) is 7.51. The van der Waals surface area contributed by atoms with Gasteiger partial charge in [0, 0.05) is 5.56 Å². The number of hydrogen-bond donors (Lipinski definition) is 1. The van der Waals surface area contributed by atoms with Crippen molar-refractivity contribution in [2.24, 2.45) is 0 Å². The van der Waals surface area contributed by atoms with E-state index in [0.29, 0.717) is 41.0 Å². The Morgan fingerprint density at radius 1 is 0.909 bits per heavy atom. The van der Waals surface area contributed by atoms with Crippen molar-refractivity contribution in [2.45, 2.75) is 39.8 Å². The molecule has 8 heteroatoms. The molecule has 1 atom stereocenters. The van der Waals surface area contributed by atoms with Crippen LogP contribution in [-0.2, 0) is 16.2 Å². The van der Waals surface area contributed by atoms with E-state index in [1.54, 1.807) is 24.3 Å². The minimum absolute atomic E-state index is 0.00217. The van der Waals surface area contributed by atoms with Crippen LogP contribution in [0.15, 0.2) is 96.6 Å². The first-order chi connectivity index (χ1) is 21.3. The van der Waals surface area contributed by atoms with Crippen molar-refractivity contribution in [3.8, 4) is 11.5 Å². The number of benzene rings is 4. The Morgan fingerprint density at radius 2 is 1.59 bits per heavy atom. The Hall–Kier alpha value is -4.95. The van der Waals surface area contributed by atoms with E-state index in [2.05, 4.69) is 0 Å². The predicted molar refractivity (Wildman–Crippen MR) is 173 cm³/mol. The number of hydrogen-bond acceptors (Lipinski definition) is 7. The zero-order chi connectivity index (χ0) is 30.8. The van der Waals surface area contributed by atoms with Crippen molar-refractivity contribution < 1.29 is 24.2 Å². The molecule has 0 aliphatic carbocycles. The number of ether oxygens (including phenoxy) is 2. The fourth-order valence-corrected chi connectivity index (χ4v) is 6.55. The number of fused-ring (bicyclic) bond motifs is 1. The van der Waals surface area contributed by atoms with Crippen LogP contribution in [0.1, 0.15) is 47.2 Å². The molecule has 4 aromatic carbocycles. The van der Waals surface area contributed by atoms with Crippen molar-refractivity contribution in [3.05, 3.63) is 124 Å². The Labute approximate surface area is 260 Å². The number of carbonyl (C=O) groups excluding carboxylic acids is 2. The van der Waals surface area contributed by atoms with Gasteiger partial charge < -0.3 is 14.6 Å². The number of amides is 1. The molecule has 1 amide bonds. The summed E-state index contributed by atoms with van der Waals surface area (Å²) in [4.78, 5) is 33.6. The van der Waals surface area contributed by atoms with Crippen molar-refractivity contribution in [1.29, 1.82) is 0 Å². The number of aliphatic hydroxyl groups excluding tert-OH is 1. The van der Waals surface area contributed by atoms with E-state index >= 15 is 0 Å². The summed E-state index contributed by atoms with van der Waals surface area (Å²) in [6.45, 7) is 6.99. The van der Waals surface area contributed by atoms with E-state index in [1.165, 1.54) is 16.2 Å². The number of aromatic nitrogens is 1. The van der Waals surface area contributed by atoms with E-state index in [1.807, 2.05) is 87.5 Å². The third kappa shape index (κ3) is 5.68. The lowest BCUT2D eigenvalue weighted by atomic mass is 9.95. The van der Waals surface area contributed by atoms with E-state index < -0.39 is 17.7 Å². The molecule has 0 saturated carbocycles. The highest BCUT2D eigenvalue weighted by Gasteiger charge is 2.48. The summed E-state index contributed by atoms with van der Waals surface area (Å²) in [7, 11) is 0. The van der Waals surface area contributed by atoms with Crippen molar-refractivity contribution in [1.82, 2.24) is 4.98 Å². The first kappa shape index (κ1) is 29.1. The summed E-state index contributed by atoms with van der Waals surface area (Å²) in [6.07, 6.45) is 0.867. The van der Waals surface area contributed by atoms with Gasteiger partial charge in [0.2, 0.25) is 0 Å². The normalized spacial score (nSPS) is 16.1. The maximum atomic E-state index is 13.7. The van der Waals surface area contributed by atoms with E-state index in [0.717, 1.165) is 33.3 Å². The summed E-state index contributed by atoms with van der Waals surface area (Å²) in [6, 6.07) is 27.2. The van der Waals surface area contributed by atoms with Gasteiger partial charge >= 0.3 is 5.91 Å². The molecular weight excluding hydrogens is 572 g/mol. The fraction of sp³-hybridized carbons (Fsp3) is 0.194. The summed E-state index contributed by atoms with van der Waals surface area (Å²) in [5.41, 5.74) is 4.95. The van der Waals surface area contributed by atoms with Gasteiger partial charge in [-0.15, -0.1) is 0 Å². The second kappa shape index (κ2) is 12.3. The largest absolute Gasteiger partial charge is 0.507 e. The number of aryl methyl sites for hydroxylation is 2. The number of rotatable bonds is 9. The monoisotopic (exact) mass is 604 g/mol. The fourth-order valence-electron chi connectivity index (χ4n) is 5.38. The van der Waals surface area contributed by atoms with Gasteiger partial charge in [0.1, 0.15) is 23.9 Å². The Morgan fingerprint density at radius 3 is 2.30 bits per heavy atom. The quantitative estimate of drug-likeness (QED) is 0.105. The van der Waals surface area contributed by atoms with Crippen LogP contribution in [0.4, 0.5) is 5.13 Å². The van der Waals surface area contributed by atoms with Gasteiger partial charge in [0.05, 0.1) is 28.4 Å². The summed E-state index contributed by atoms with van der Waals surface area (Å²) < 4.78 is 12.6. The Balaban J connectivity index is 1.42. The molecule has 0 bridgehead atoms. The molecule has 5 aromatic rings. The molecule has 222 valence electrons. The number of nitrogens with zero attached hydrogens (tertiary/aromatic N) is 2. The lowest BCUT2D eigenvalue weighted by molar-refractivity contribution is -0.132. The molecule has 6 rings (SSSR count). The summed E-state index contributed by atoms with van der Waals surface area (Å²) >= 11 is 1.35. The van der Waals surface area contributed by atoms with Gasteiger partial charge in [-0.3, -0.25) is 14.5 Å². The average molecular weight is 605 g/mol. The van der Waals surface area contributed by atoms with Crippen LogP contribution < -0.4 is 14.4 Å². The molecule has 1 aliphatic rings. The molecule has 1 fully saturated rings. The molecule has 7 nitrogen and oxygen atoms in total. The molecule has 44 heavy (non-hydrogen) atoms. The zero-order valence-electron chi connectivity index (χ0n) is 24.7. The van der Waals surface area contributed by atoms with Crippen LogP contribution in [0.3, 0.4) is 0 Å². The van der Waals surface area contributed by atoms with Crippen LogP contribution in [0.5, 0.6) is 11.5 Å². The first-order valence-electron chi connectivity index (χ1n) is 14.5. The highest BCUT2D eigenvalue weighted by Crippen LogP contribution is 2.45. The molecule has 1 aromatic heterocycles. The van der Waals surface area contributed by atoms with Gasteiger partial charge in [-0.2, -0.15) is 0 Å². The lowest BCUT2D eigenvalue weighted by Crippen LogP contribution is -2.29. The Kier molecular flexibility index (Phi) is 8.17. The van der Waals surface area contributed by atoms with Crippen LogP contribution in [0.25, 0.3) is 16.0 Å².